The number of aliphatic hydroxyl groups is 1. The Bertz CT molecular complexity index is 968. The lowest BCUT2D eigenvalue weighted by molar-refractivity contribution is -0.140. The van der Waals surface area contributed by atoms with Gasteiger partial charge in [-0.05, 0) is 50.3 Å². The van der Waals surface area contributed by atoms with Crippen molar-refractivity contribution < 1.29 is 19.4 Å². The van der Waals surface area contributed by atoms with E-state index in [4.69, 9.17) is 4.74 Å². The number of hydrogen-bond acceptors (Lipinski definition) is 5. The topological polar surface area (TPSA) is 70.1 Å². The molecule has 6 nitrogen and oxygen atoms in total. The van der Waals surface area contributed by atoms with E-state index < -0.39 is 17.7 Å². The molecule has 0 radical (unpaired) electrons. The Kier molecular flexibility index (Phi) is 7.51. The molecule has 1 unspecified atom stereocenters. The van der Waals surface area contributed by atoms with Gasteiger partial charge < -0.3 is 19.6 Å². The number of likely N-dealkylation sites (tertiary alicyclic amines) is 1. The highest BCUT2D eigenvalue weighted by molar-refractivity contribution is 9.10. The maximum atomic E-state index is 13.0. The lowest BCUT2D eigenvalue weighted by Gasteiger charge is -2.26. The third kappa shape index (κ3) is 5.17. The summed E-state index contributed by atoms with van der Waals surface area (Å²) in [5.41, 5.74) is 1.34. The summed E-state index contributed by atoms with van der Waals surface area (Å²) in [4.78, 5) is 29.4. The fraction of sp³-hybridized carbons (Fsp3) is 0.333. The minimum atomic E-state index is -0.671. The van der Waals surface area contributed by atoms with Crippen molar-refractivity contribution >= 4 is 33.4 Å². The van der Waals surface area contributed by atoms with Gasteiger partial charge in [0, 0.05) is 23.1 Å². The smallest absolute Gasteiger partial charge is 0.295 e. The zero-order valence-electron chi connectivity index (χ0n) is 18.0. The number of ether oxygens (including phenoxy) is 1. The summed E-state index contributed by atoms with van der Waals surface area (Å²) in [6, 6.07) is 13.7. The highest BCUT2D eigenvalue weighted by Crippen LogP contribution is 2.39. The Balaban J connectivity index is 2.06. The number of nitrogens with zero attached hydrogens (tertiary/aromatic N) is 2. The number of rotatable bonds is 8. The summed E-state index contributed by atoms with van der Waals surface area (Å²) < 4.78 is 6.51. The van der Waals surface area contributed by atoms with Crippen molar-refractivity contribution in [2.75, 3.05) is 33.8 Å². The average molecular weight is 487 g/mol. The van der Waals surface area contributed by atoms with Crippen molar-refractivity contribution in [3.63, 3.8) is 0 Å². The molecule has 0 aromatic heterocycles. The van der Waals surface area contributed by atoms with E-state index >= 15 is 0 Å². The van der Waals surface area contributed by atoms with Crippen LogP contribution in [0.25, 0.3) is 5.76 Å². The summed E-state index contributed by atoms with van der Waals surface area (Å²) in [6.07, 6.45) is 0.902. The molecule has 1 atom stereocenters. The maximum absolute atomic E-state index is 13.0. The zero-order chi connectivity index (χ0) is 22.5. The molecule has 1 amide bonds. The van der Waals surface area contributed by atoms with Gasteiger partial charge in [0.1, 0.15) is 11.5 Å². The van der Waals surface area contributed by atoms with Crippen molar-refractivity contribution in [1.29, 1.82) is 0 Å². The van der Waals surface area contributed by atoms with Crippen LogP contribution in [0, 0.1) is 0 Å². The first kappa shape index (κ1) is 23.0. The van der Waals surface area contributed by atoms with Gasteiger partial charge in [-0.3, -0.25) is 9.59 Å². The fourth-order valence-electron chi connectivity index (χ4n) is 3.49. The Morgan fingerprint density at radius 2 is 1.74 bits per heavy atom. The molecule has 1 aliphatic rings. The van der Waals surface area contributed by atoms with Crippen LogP contribution in [-0.2, 0) is 9.59 Å². The SMILES string of the molecule is CCCOc1ccc(C2C(=C(O)c3ccc(Br)cc3)C(=O)C(=O)N2CCN(C)C)cc1. The zero-order valence-corrected chi connectivity index (χ0v) is 19.6. The summed E-state index contributed by atoms with van der Waals surface area (Å²) in [5.74, 6) is -0.717. The van der Waals surface area contributed by atoms with Crippen LogP contribution < -0.4 is 4.74 Å². The van der Waals surface area contributed by atoms with Gasteiger partial charge in [0.25, 0.3) is 11.7 Å². The van der Waals surface area contributed by atoms with Gasteiger partial charge in [0.15, 0.2) is 0 Å². The van der Waals surface area contributed by atoms with Crippen molar-refractivity contribution in [2.45, 2.75) is 19.4 Å². The molecule has 164 valence electrons. The number of amides is 1. The average Bonchev–Trinajstić information content (AvgIpc) is 3.01. The molecule has 31 heavy (non-hydrogen) atoms. The van der Waals surface area contributed by atoms with Crippen LogP contribution in [0.1, 0.15) is 30.5 Å². The molecule has 1 N–H and O–H groups in total. The van der Waals surface area contributed by atoms with E-state index in [2.05, 4.69) is 15.9 Å². The molecule has 7 heteroatoms. The van der Waals surface area contributed by atoms with E-state index in [1.54, 1.807) is 24.3 Å². The summed E-state index contributed by atoms with van der Waals surface area (Å²) in [6.45, 7) is 3.62. The number of ketones is 1. The van der Waals surface area contributed by atoms with E-state index in [0.717, 1.165) is 22.2 Å². The molecular weight excluding hydrogens is 460 g/mol. The van der Waals surface area contributed by atoms with Crippen molar-refractivity contribution in [3.05, 3.63) is 69.7 Å². The second-order valence-corrected chi connectivity index (χ2v) is 8.64. The van der Waals surface area contributed by atoms with Crippen LogP contribution in [0.4, 0.5) is 0 Å². The van der Waals surface area contributed by atoms with E-state index in [9.17, 15) is 14.7 Å². The monoisotopic (exact) mass is 486 g/mol. The van der Waals surface area contributed by atoms with E-state index in [-0.39, 0.29) is 11.3 Å². The van der Waals surface area contributed by atoms with Crippen LogP contribution in [0.5, 0.6) is 5.75 Å². The molecule has 1 saturated heterocycles. The number of hydrogen-bond donors (Lipinski definition) is 1. The largest absolute Gasteiger partial charge is 0.507 e. The minimum absolute atomic E-state index is 0.105. The first-order chi connectivity index (χ1) is 14.8. The predicted octanol–water partition coefficient (Wildman–Crippen LogP) is 4.22. The second-order valence-electron chi connectivity index (χ2n) is 7.72. The maximum Gasteiger partial charge on any atom is 0.295 e. The van der Waals surface area contributed by atoms with Gasteiger partial charge in [-0.25, -0.2) is 0 Å². The molecule has 0 bridgehead atoms. The number of Topliss-reactive ketones (excluding diaryl/α,β-unsaturated/α-hetero) is 1. The van der Waals surface area contributed by atoms with E-state index in [1.165, 1.54) is 4.90 Å². The van der Waals surface area contributed by atoms with Crippen molar-refractivity contribution in [2.24, 2.45) is 0 Å². The van der Waals surface area contributed by atoms with Gasteiger partial charge in [-0.15, -0.1) is 0 Å². The molecule has 3 rings (SSSR count). The molecule has 1 fully saturated rings. The second kappa shape index (κ2) is 10.1. The molecule has 1 aliphatic heterocycles. The van der Waals surface area contributed by atoms with Gasteiger partial charge in [0.05, 0.1) is 18.2 Å². The lowest BCUT2D eigenvalue weighted by atomic mass is 9.95. The number of aliphatic hydroxyl groups excluding tert-OH is 1. The van der Waals surface area contributed by atoms with Crippen LogP contribution >= 0.6 is 15.9 Å². The first-order valence-electron chi connectivity index (χ1n) is 10.2. The summed E-state index contributed by atoms with van der Waals surface area (Å²) in [5, 5.41) is 11.0. The third-order valence-corrected chi connectivity index (χ3v) is 5.64. The molecule has 0 spiro atoms. The number of carbonyl (C=O) groups is 2. The van der Waals surface area contributed by atoms with Crippen LogP contribution in [0.3, 0.4) is 0 Å². The Labute approximate surface area is 191 Å². The van der Waals surface area contributed by atoms with Crippen LogP contribution in [0.2, 0.25) is 0 Å². The van der Waals surface area contributed by atoms with Crippen molar-refractivity contribution in [1.82, 2.24) is 9.80 Å². The number of likely N-dealkylation sites (N-methyl/N-ethyl adjacent to an activating group) is 1. The summed E-state index contributed by atoms with van der Waals surface area (Å²) in [7, 11) is 3.82. The van der Waals surface area contributed by atoms with Crippen molar-refractivity contribution in [3.8, 4) is 5.75 Å². The summed E-state index contributed by atoms with van der Waals surface area (Å²) >= 11 is 3.37. The molecule has 2 aromatic carbocycles. The van der Waals surface area contributed by atoms with Crippen LogP contribution in [-0.4, -0.2) is 60.4 Å². The minimum Gasteiger partial charge on any atom is -0.507 e. The Hall–Kier alpha value is -2.64. The fourth-order valence-corrected chi connectivity index (χ4v) is 3.76. The predicted molar refractivity (Wildman–Crippen MR) is 124 cm³/mol. The van der Waals surface area contributed by atoms with Crippen LogP contribution in [0.15, 0.2) is 58.6 Å². The lowest BCUT2D eigenvalue weighted by Crippen LogP contribution is -2.35. The van der Waals surface area contributed by atoms with Gasteiger partial charge in [0.2, 0.25) is 0 Å². The highest BCUT2D eigenvalue weighted by Gasteiger charge is 2.45. The van der Waals surface area contributed by atoms with E-state index in [1.807, 2.05) is 50.2 Å². The Morgan fingerprint density at radius 3 is 2.32 bits per heavy atom. The molecule has 0 saturated carbocycles. The van der Waals surface area contributed by atoms with E-state index in [0.29, 0.717) is 25.3 Å². The molecule has 1 heterocycles. The number of halogens is 1. The Morgan fingerprint density at radius 1 is 1.10 bits per heavy atom. The molecule has 2 aromatic rings. The van der Waals surface area contributed by atoms with Gasteiger partial charge in [-0.2, -0.15) is 0 Å². The third-order valence-electron chi connectivity index (χ3n) is 5.11. The number of benzene rings is 2. The normalized spacial score (nSPS) is 18.1. The molecular formula is C24H27BrN2O4. The van der Waals surface area contributed by atoms with Gasteiger partial charge in [-0.1, -0.05) is 47.1 Å². The quantitative estimate of drug-likeness (QED) is 0.343. The number of carbonyl (C=O) groups excluding carboxylic acids is 2. The standard InChI is InChI=1S/C24H27BrN2O4/c1-4-15-31-19-11-7-16(8-12-19)21-20(22(28)17-5-9-18(25)10-6-17)23(29)24(30)27(21)14-13-26(2)3/h5-12,21,28H,4,13-15H2,1-3H3. The van der Waals surface area contributed by atoms with Gasteiger partial charge >= 0.3 is 0 Å². The highest BCUT2D eigenvalue weighted by atomic mass is 79.9. The molecule has 0 aliphatic carbocycles. The first-order valence-corrected chi connectivity index (χ1v) is 11.0.